The molecule has 1 aromatic carbocycles. The van der Waals surface area contributed by atoms with Gasteiger partial charge in [-0.2, -0.15) is 0 Å². The summed E-state index contributed by atoms with van der Waals surface area (Å²) in [5.74, 6) is 1.61. The van der Waals surface area contributed by atoms with E-state index < -0.39 is 0 Å². The van der Waals surface area contributed by atoms with Crippen molar-refractivity contribution in [1.82, 2.24) is 10.6 Å². The Morgan fingerprint density at radius 2 is 1.67 bits per heavy atom. The Morgan fingerprint density at radius 1 is 1.12 bits per heavy atom. The molecule has 2 N–H and O–H groups in total. The standard InChI is InChI=1S/C20H29ClN2O/c1-3-20(4-2,16-9-11-17(21)12-10-16)22-13-18(24)23-19(14-5-6-14)15-7-8-15/h9-12,14-15,19,22H,3-8,13H2,1-2H3,(H,23,24). The molecule has 0 heterocycles. The summed E-state index contributed by atoms with van der Waals surface area (Å²) in [4.78, 5) is 12.5. The van der Waals surface area contributed by atoms with Crippen LogP contribution in [0.1, 0.15) is 57.9 Å². The number of benzene rings is 1. The average Bonchev–Trinajstić information content (AvgIpc) is 3.49. The lowest BCUT2D eigenvalue weighted by molar-refractivity contribution is -0.121. The molecule has 0 saturated heterocycles. The Morgan fingerprint density at radius 3 is 2.12 bits per heavy atom. The van der Waals surface area contributed by atoms with Crippen LogP contribution in [0.5, 0.6) is 0 Å². The number of hydrogen-bond acceptors (Lipinski definition) is 2. The van der Waals surface area contributed by atoms with Gasteiger partial charge in [-0.3, -0.25) is 10.1 Å². The minimum absolute atomic E-state index is 0.138. The summed E-state index contributed by atoms with van der Waals surface area (Å²) in [6.45, 7) is 4.71. The number of amides is 1. The van der Waals surface area contributed by atoms with Gasteiger partial charge in [0.25, 0.3) is 0 Å². The predicted octanol–water partition coefficient (Wildman–Crippen LogP) is 4.25. The Hall–Kier alpha value is -1.06. The first kappa shape index (κ1) is 17.8. The van der Waals surface area contributed by atoms with Crippen LogP contribution in [0.2, 0.25) is 5.02 Å². The molecule has 2 aliphatic rings. The molecule has 0 spiro atoms. The van der Waals surface area contributed by atoms with Gasteiger partial charge in [-0.1, -0.05) is 37.6 Å². The van der Waals surface area contributed by atoms with Crippen molar-refractivity contribution in [3.63, 3.8) is 0 Å². The zero-order chi connectivity index (χ0) is 17.2. The minimum atomic E-state index is -0.170. The van der Waals surface area contributed by atoms with E-state index in [-0.39, 0.29) is 11.4 Å². The van der Waals surface area contributed by atoms with Crippen LogP contribution in [0.25, 0.3) is 0 Å². The van der Waals surface area contributed by atoms with Crippen LogP contribution in [0.4, 0.5) is 0 Å². The van der Waals surface area contributed by atoms with E-state index in [1.54, 1.807) is 0 Å². The molecular formula is C20H29ClN2O. The molecule has 132 valence electrons. The molecule has 0 unspecified atom stereocenters. The van der Waals surface area contributed by atoms with Gasteiger partial charge < -0.3 is 5.32 Å². The van der Waals surface area contributed by atoms with E-state index in [4.69, 9.17) is 11.6 Å². The highest BCUT2D eigenvalue weighted by atomic mass is 35.5. The number of carbonyl (C=O) groups excluding carboxylic acids is 1. The molecule has 1 aromatic rings. The third-order valence-corrected chi connectivity index (χ3v) is 6.03. The molecular weight excluding hydrogens is 320 g/mol. The van der Waals surface area contributed by atoms with Crippen LogP contribution in [0.15, 0.2) is 24.3 Å². The number of rotatable bonds is 9. The molecule has 3 nitrogen and oxygen atoms in total. The average molecular weight is 349 g/mol. The van der Waals surface area contributed by atoms with E-state index in [0.717, 1.165) is 29.7 Å². The van der Waals surface area contributed by atoms with E-state index in [0.29, 0.717) is 12.6 Å². The monoisotopic (exact) mass is 348 g/mol. The van der Waals surface area contributed by atoms with Crippen LogP contribution in [-0.4, -0.2) is 18.5 Å². The first-order chi connectivity index (χ1) is 11.6. The predicted molar refractivity (Wildman–Crippen MR) is 99.1 cm³/mol. The molecule has 0 bridgehead atoms. The van der Waals surface area contributed by atoms with Gasteiger partial charge in [-0.05, 0) is 68.1 Å². The minimum Gasteiger partial charge on any atom is -0.352 e. The van der Waals surface area contributed by atoms with Crippen LogP contribution < -0.4 is 10.6 Å². The van der Waals surface area contributed by atoms with Gasteiger partial charge in [-0.25, -0.2) is 0 Å². The molecule has 0 aliphatic heterocycles. The number of halogens is 1. The van der Waals surface area contributed by atoms with Crippen molar-refractivity contribution in [2.45, 2.75) is 64.0 Å². The quantitative estimate of drug-likeness (QED) is 0.700. The summed E-state index contributed by atoms with van der Waals surface area (Å²) >= 11 is 6.02. The first-order valence-electron chi connectivity index (χ1n) is 9.38. The van der Waals surface area contributed by atoms with Crippen molar-refractivity contribution < 1.29 is 4.79 Å². The van der Waals surface area contributed by atoms with E-state index >= 15 is 0 Å². The van der Waals surface area contributed by atoms with Gasteiger partial charge >= 0.3 is 0 Å². The molecule has 2 saturated carbocycles. The number of carbonyl (C=O) groups is 1. The Balaban J connectivity index is 1.60. The molecule has 0 atom stereocenters. The maximum absolute atomic E-state index is 12.5. The maximum Gasteiger partial charge on any atom is 0.234 e. The van der Waals surface area contributed by atoms with E-state index in [1.807, 2.05) is 12.1 Å². The first-order valence-corrected chi connectivity index (χ1v) is 9.76. The molecule has 0 aromatic heterocycles. The normalized spacial score (nSPS) is 18.0. The van der Waals surface area contributed by atoms with E-state index in [1.165, 1.54) is 31.2 Å². The second-order valence-corrected chi connectivity index (χ2v) is 7.85. The topological polar surface area (TPSA) is 41.1 Å². The molecule has 24 heavy (non-hydrogen) atoms. The Labute approximate surface area is 150 Å². The second-order valence-electron chi connectivity index (χ2n) is 7.42. The Bertz CT molecular complexity index is 548. The molecule has 1 amide bonds. The van der Waals surface area contributed by atoms with Crippen molar-refractivity contribution in [1.29, 1.82) is 0 Å². The van der Waals surface area contributed by atoms with Crippen LogP contribution in [-0.2, 0) is 10.3 Å². The van der Waals surface area contributed by atoms with Crippen LogP contribution in [0, 0.1) is 11.8 Å². The van der Waals surface area contributed by atoms with Gasteiger partial charge in [0.2, 0.25) is 5.91 Å². The van der Waals surface area contributed by atoms with Crippen molar-refractivity contribution in [2.75, 3.05) is 6.54 Å². The second kappa shape index (κ2) is 7.45. The molecule has 2 aliphatic carbocycles. The highest BCUT2D eigenvalue weighted by molar-refractivity contribution is 6.30. The van der Waals surface area contributed by atoms with Gasteiger partial charge in [0, 0.05) is 16.6 Å². The lowest BCUT2D eigenvalue weighted by Crippen LogP contribution is -2.49. The molecule has 0 radical (unpaired) electrons. The SMILES string of the molecule is CCC(CC)(NCC(=O)NC(C1CC1)C1CC1)c1ccc(Cl)cc1. The zero-order valence-corrected chi connectivity index (χ0v) is 15.5. The van der Waals surface area contributed by atoms with Gasteiger partial charge in [0.15, 0.2) is 0 Å². The highest BCUT2D eigenvalue weighted by Crippen LogP contribution is 2.44. The summed E-state index contributed by atoms with van der Waals surface area (Å²) < 4.78 is 0. The molecule has 3 rings (SSSR count). The maximum atomic E-state index is 12.5. The van der Waals surface area contributed by atoms with Crippen LogP contribution in [0.3, 0.4) is 0 Å². The fourth-order valence-electron chi connectivity index (χ4n) is 3.80. The van der Waals surface area contributed by atoms with Crippen molar-refractivity contribution in [3.8, 4) is 0 Å². The zero-order valence-electron chi connectivity index (χ0n) is 14.8. The fraction of sp³-hybridized carbons (Fsp3) is 0.650. The molecule has 2 fully saturated rings. The summed E-state index contributed by atoms with van der Waals surface area (Å²) in [5, 5.41) is 7.58. The highest BCUT2D eigenvalue weighted by Gasteiger charge is 2.42. The van der Waals surface area contributed by atoms with Gasteiger partial charge in [0.1, 0.15) is 0 Å². The van der Waals surface area contributed by atoms with Crippen LogP contribution >= 0.6 is 11.6 Å². The third-order valence-electron chi connectivity index (χ3n) is 5.78. The summed E-state index contributed by atoms with van der Waals surface area (Å²) in [6, 6.07) is 8.41. The summed E-state index contributed by atoms with van der Waals surface area (Å²) in [5.41, 5.74) is 1.03. The van der Waals surface area contributed by atoms with Gasteiger partial charge in [-0.15, -0.1) is 0 Å². The lowest BCUT2D eigenvalue weighted by atomic mass is 9.84. The van der Waals surface area contributed by atoms with Crippen molar-refractivity contribution in [3.05, 3.63) is 34.9 Å². The largest absolute Gasteiger partial charge is 0.352 e. The van der Waals surface area contributed by atoms with Gasteiger partial charge in [0.05, 0.1) is 6.54 Å². The summed E-state index contributed by atoms with van der Waals surface area (Å²) in [7, 11) is 0. The number of hydrogen-bond donors (Lipinski definition) is 2. The van der Waals surface area contributed by atoms with E-state index in [9.17, 15) is 4.79 Å². The Kier molecular flexibility index (Phi) is 5.51. The number of nitrogens with one attached hydrogen (secondary N) is 2. The smallest absolute Gasteiger partial charge is 0.234 e. The summed E-state index contributed by atoms with van der Waals surface area (Å²) in [6.07, 6.45) is 7.02. The third kappa shape index (κ3) is 4.12. The van der Waals surface area contributed by atoms with E-state index in [2.05, 4.69) is 36.6 Å². The molecule has 4 heteroatoms. The fourth-order valence-corrected chi connectivity index (χ4v) is 3.92. The van der Waals surface area contributed by atoms with Crippen molar-refractivity contribution in [2.24, 2.45) is 11.8 Å². The van der Waals surface area contributed by atoms with Crippen molar-refractivity contribution >= 4 is 17.5 Å². The lowest BCUT2D eigenvalue weighted by Gasteiger charge is -2.34.